The molecule has 14 fully saturated rings. The highest BCUT2D eigenvalue weighted by atomic mass is 31.1. The zero-order chi connectivity index (χ0) is 48.0. The first-order chi connectivity index (χ1) is 36.7. The number of ether oxygens (including phenoxy) is 3. The van der Waals surface area contributed by atoms with Crippen LogP contribution < -0.4 is 0 Å². The van der Waals surface area contributed by atoms with Gasteiger partial charge >= 0.3 is 0 Å². The van der Waals surface area contributed by atoms with E-state index < -0.39 is 0 Å². The summed E-state index contributed by atoms with van der Waals surface area (Å²) < 4.78 is 23.7. The Kier molecular flexibility index (Phi) is 10.2. The zero-order valence-corrected chi connectivity index (χ0v) is 44.7. The quantitative estimate of drug-likeness (QED) is 0.190. The summed E-state index contributed by atoms with van der Waals surface area (Å²) in [5, 5.41) is 0. The van der Waals surface area contributed by atoms with Crippen molar-refractivity contribution in [2.24, 2.45) is 47.3 Å². The van der Waals surface area contributed by atoms with Gasteiger partial charge in [-0.3, -0.25) is 9.80 Å². The lowest BCUT2D eigenvalue weighted by molar-refractivity contribution is -0.250. The molecule has 74 heavy (non-hydrogen) atoms. The van der Waals surface area contributed by atoms with Crippen molar-refractivity contribution >= 4 is 7.92 Å². The lowest BCUT2D eigenvalue weighted by atomic mass is 9.57. The molecule has 0 bridgehead atoms. The minimum atomic E-state index is -0.279. The number of rotatable bonds is 4. The standard InChI is InChI=1S/C68H81N2O3P/c1-5-18-40(19-6-1)67(41-20-7-2-8-21-41)48-28-15-13-26-44(48)46-36-60-54(38-50(46)67)69-52-30-17-31-53-64(52)74-65-58(34-32-56(71-60)62(65)69)73-59-35-33-57-63(66(59)74)70(53)55-39-51-47(37-61(55)72-57)45-27-14-16-29-49(45)68(51,42-22-9-3-10-23-42)43-24-11-4-12-25-43/h1-12,18-25,44-66H,13-17,26-39H2. The molecule has 4 aromatic rings. The van der Waals surface area contributed by atoms with E-state index in [-0.39, 0.29) is 18.8 Å². The molecular weight excluding hydrogens is 924 g/mol. The Morgan fingerprint density at radius 1 is 0.324 bits per heavy atom. The monoisotopic (exact) mass is 1000 g/mol. The van der Waals surface area contributed by atoms with Gasteiger partial charge < -0.3 is 14.2 Å². The molecule has 5 aliphatic heterocycles. The average molecular weight is 1010 g/mol. The van der Waals surface area contributed by atoms with Crippen LogP contribution in [0.1, 0.15) is 144 Å². The van der Waals surface area contributed by atoms with Gasteiger partial charge in [0.25, 0.3) is 0 Å². The summed E-state index contributed by atoms with van der Waals surface area (Å²) in [6, 6.07) is 51.9. The molecule has 0 amide bonds. The maximum atomic E-state index is 7.91. The summed E-state index contributed by atoms with van der Waals surface area (Å²) in [7, 11) is -0.279. The third kappa shape index (κ3) is 5.80. The fourth-order valence-corrected chi connectivity index (χ4v) is 29.5. The molecule has 4 aromatic carbocycles. The largest absolute Gasteiger partial charge is 0.374 e. The second kappa shape index (κ2) is 16.8. The summed E-state index contributed by atoms with van der Waals surface area (Å²) in [5.41, 5.74) is 8.61. The Labute approximate surface area is 443 Å². The fraction of sp³-hybridized carbons (Fsp3) is 0.647. The van der Waals surface area contributed by atoms with Gasteiger partial charge in [0, 0.05) is 64.1 Å². The number of benzene rings is 4. The predicted octanol–water partition coefficient (Wildman–Crippen LogP) is 13.2. The summed E-state index contributed by atoms with van der Waals surface area (Å²) in [4.78, 5) is 6.81. The third-order valence-corrected chi connectivity index (χ3v) is 29.8. The first kappa shape index (κ1) is 45.0. The topological polar surface area (TPSA) is 34.2 Å². The van der Waals surface area contributed by atoms with Gasteiger partial charge in [-0.1, -0.05) is 161 Å². The van der Waals surface area contributed by atoms with Crippen LogP contribution in [-0.2, 0) is 25.0 Å². The van der Waals surface area contributed by atoms with Crippen LogP contribution in [0.3, 0.4) is 0 Å². The van der Waals surface area contributed by atoms with E-state index in [9.17, 15) is 0 Å². The van der Waals surface area contributed by atoms with Crippen LogP contribution in [-0.4, -0.2) is 99.7 Å². The van der Waals surface area contributed by atoms with Crippen molar-refractivity contribution in [1.29, 1.82) is 0 Å². The van der Waals surface area contributed by atoms with Gasteiger partial charge in [-0.25, -0.2) is 0 Å². The normalized spacial score (nSPS) is 49.4. The molecule has 0 aromatic heterocycles. The summed E-state index contributed by atoms with van der Waals surface area (Å²) >= 11 is 0. The minimum absolute atomic E-state index is 0.0527. The molecule has 5 heterocycles. The van der Waals surface area contributed by atoms with Crippen LogP contribution in [0.4, 0.5) is 0 Å². The molecule has 5 saturated heterocycles. The van der Waals surface area contributed by atoms with Gasteiger partial charge in [0.15, 0.2) is 0 Å². The molecule has 22 atom stereocenters. The van der Waals surface area contributed by atoms with E-state index in [0.717, 1.165) is 29.3 Å². The number of fused-ring (bicyclic) bond motifs is 12. The molecule has 9 aliphatic carbocycles. The maximum Gasteiger partial charge on any atom is 0.0743 e. The van der Waals surface area contributed by atoms with Crippen LogP contribution in [0.5, 0.6) is 0 Å². The molecule has 14 aliphatic rings. The highest BCUT2D eigenvalue weighted by Gasteiger charge is 2.75. The van der Waals surface area contributed by atoms with Crippen molar-refractivity contribution in [1.82, 2.24) is 9.80 Å². The number of hydrogen-bond donors (Lipinski definition) is 0. The third-order valence-electron chi connectivity index (χ3n) is 25.8. The highest BCUT2D eigenvalue weighted by Crippen LogP contribution is 2.76. The smallest absolute Gasteiger partial charge is 0.0743 e. The van der Waals surface area contributed by atoms with Gasteiger partial charge in [-0.2, -0.15) is 0 Å². The van der Waals surface area contributed by atoms with Crippen molar-refractivity contribution in [2.45, 2.75) is 223 Å². The molecule has 5 nitrogen and oxygen atoms in total. The van der Waals surface area contributed by atoms with Crippen molar-refractivity contribution in [2.75, 3.05) is 0 Å². The molecule has 0 spiro atoms. The molecule has 386 valence electrons. The van der Waals surface area contributed by atoms with E-state index >= 15 is 0 Å². The Hall–Kier alpha value is -2.89. The van der Waals surface area contributed by atoms with Crippen molar-refractivity contribution in [3.8, 4) is 0 Å². The van der Waals surface area contributed by atoms with Crippen molar-refractivity contribution in [3.63, 3.8) is 0 Å². The van der Waals surface area contributed by atoms with Gasteiger partial charge in [0.2, 0.25) is 0 Å². The molecular formula is C68H81N2O3P. The second-order valence-electron chi connectivity index (χ2n) is 27.6. The number of hydrogen-bond acceptors (Lipinski definition) is 5. The van der Waals surface area contributed by atoms with Crippen LogP contribution >= 0.6 is 7.92 Å². The number of morpholine rings is 2. The van der Waals surface area contributed by atoms with E-state index in [1.807, 2.05) is 0 Å². The van der Waals surface area contributed by atoms with Gasteiger partial charge in [0.1, 0.15) is 0 Å². The first-order valence-electron chi connectivity index (χ1n) is 31.2. The minimum Gasteiger partial charge on any atom is -0.374 e. The Morgan fingerprint density at radius 2 is 0.703 bits per heavy atom. The predicted molar refractivity (Wildman–Crippen MR) is 294 cm³/mol. The molecule has 0 N–H and O–H groups in total. The first-order valence-corrected chi connectivity index (χ1v) is 32.8. The molecule has 22 unspecified atom stereocenters. The lowest BCUT2D eigenvalue weighted by Crippen LogP contribution is -2.84. The summed E-state index contributed by atoms with van der Waals surface area (Å²) in [6.07, 6.45) is 27.5. The van der Waals surface area contributed by atoms with E-state index in [1.165, 1.54) is 122 Å². The fourth-order valence-electron chi connectivity index (χ4n) is 24.3. The molecule has 6 heteroatoms. The van der Waals surface area contributed by atoms with E-state index in [4.69, 9.17) is 14.2 Å². The zero-order valence-electron chi connectivity index (χ0n) is 43.8. The molecule has 18 rings (SSSR count). The van der Waals surface area contributed by atoms with Crippen LogP contribution in [0.15, 0.2) is 121 Å². The van der Waals surface area contributed by atoms with Crippen LogP contribution in [0.25, 0.3) is 0 Å². The van der Waals surface area contributed by atoms with Gasteiger partial charge in [0.05, 0.1) is 36.6 Å². The van der Waals surface area contributed by atoms with Gasteiger partial charge in [-0.15, -0.1) is 0 Å². The SMILES string of the molecule is c1ccc(C2(c3ccccc3)C3CCCCC3C3CC4OC5CCC6OC7CCC8OC9CC%10C%11CCCCC%11C(c%11ccccc%11)(c%11ccccc%11)C%10CC9N9C%10CCCC%11C%10P(C6C5N%11C4CC32)C7C89)cc1. The van der Waals surface area contributed by atoms with Gasteiger partial charge in [-0.05, 0) is 159 Å². The second-order valence-corrected chi connectivity index (χ2v) is 30.3. The van der Waals surface area contributed by atoms with Crippen LogP contribution in [0, 0.1) is 47.3 Å². The molecule has 9 saturated carbocycles. The summed E-state index contributed by atoms with van der Waals surface area (Å²) in [6.45, 7) is 0. The van der Waals surface area contributed by atoms with E-state index in [2.05, 4.69) is 131 Å². The van der Waals surface area contributed by atoms with E-state index in [1.54, 1.807) is 22.3 Å². The number of nitrogens with zero attached hydrogens (tertiary/aromatic N) is 2. The van der Waals surface area contributed by atoms with Crippen molar-refractivity contribution < 1.29 is 14.2 Å². The maximum absolute atomic E-state index is 7.91. The highest BCUT2D eigenvalue weighted by molar-refractivity contribution is 7.60. The summed E-state index contributed by atoms with van der Waals surface area (Å²) in [5.74, 6) is 5.68. The Balaban J connectivity index is 0.766. The van der Waals surface area contributed by atoms with Crippen molar-refractivity contribution in [3.05, 3.63) is 144 Å². The Bertz CT molecular complexity index is 2480. The lowest BCUT2D eigenvalue weighted by Gasteiger charge is -2.76. The Morgan fingerprint density at radius 3 is 1.12 bits per heavy atom. The molecule has 0 radical (unpaired) electrons. The average Bonchev–Trinajstić information content (AvgIpc) is 3.98. The van der Waals surface area contributed by atoms with E-state index in [0.29, 0.717) is 108 Å². The van der Waals surface area contributed by atoms with Crippen LogP contribution in [0.2, 0.25) is 0 Å².